The summed E-state index contributed by atoms with van der Waals surface area (Å²) in [5.41, 5.74) is 0. The second kappa shape index (κ2) is 4.49. The Balaban J connectivity index is 2.10. The van der Waals surface area contributed by atoms with Gasteiger partial charge in [0.05, 0.1) is 24.9 Å². The highest BCUT2D eigenvalue weighted by Crippen LogP contribution is 2.29. The van der Waals surface area contributed by atoms with E-state index < -0.39 is 0 Å². The van der Waals surface area contributed by atoms with Crippen molar-refractivity contribution in [2.24, 2.45) is 0 Å². The van der Waals surface area contributed by atoms with E-state index in [0.29, 0.717) is 12.6 Å². The van der Waals surface area contributed by atoms with Crippen LogP contribution in [0.15, 0.2) is 0 Å². The third-order valence-electron chi connectivity index (χ3n) is 3.58. The summed E-state index contributed by atoms with van der Waals surface area (Å²) in [6.07, 6.45) is 4.77. The number of ether oxygens (including phenoxy) is 1. The minimum absolute atomic E-state index is 0.221. The second-order valence-electron chi connectivity index (χ2n) is 4.38. The van der Waals surface area contributed by atoms with Crippen LogP contribution >= 0.6 is 0 Å². The van der Waals surface area contributed by atoms with Gasteiger partial charge in [-0.25, -0.2) is 0 Å². The average molecular weight is 212 g/mol. The first kappa shape index (κ1) is 10.9. The molecule has 1 saturated heterocycles. The molecule has 4 nitrogen and oxygen atoms in total. The molecule has 0 bridgehead atoms. The van der Waals surface area contributed by atoms with Gasteiger partial charge in [0.2, 0.25) is 5.91 Å². The van der Waals surface area contributed by atoms with Crippen molar-refractivity contribution in [3.63, 3.8) is 0 Å². The first-order valence-corrected chi connectivity index (χ1v) is 5.85. The van der Waals surface area contributed by atoms with Gasteiger partial charge in [-0.05, 0) is 25.7 Å². The summed E-state index contributed by atoms with van der Waals surface area (Å²) in [5.74, 6) is 0.232. The molecule has 0 aromatic heterocycles. The summed E-state index contributed by atoms with van der Waals surface area (Å²) >= 11 is 0. The topological polar surface area (TPSA) is 41.6 Å². The number of hydrogen-bond acceptors (Lipinski definition) is 3. The highest BCUT2D eigenvalue weighted by atomic mass is 16.5. The van der Waals surface area contributed by atoms with Crippen LogP contribution in [0.3, 0.4) is 0 Å². The van der Waals surface area contributed by atoms with E-state index in [1.807, 2.05) is 4.90 Å². The molecule has 1 amide bonds. The van der Waals surface area contributed by atoms with Crippen LogP contribution in [0.5, 0.6) is 0 Å². The Bertz CT molecular complexity index is 245. The van der Waals surface area contributed by atoms with Gasteiger partial charge in [0.1, 0.15) is 0 Å². The van der Waals surface area contributed by atoms with Crippen LogP contribution < -0.4 is 5.32 Å². The van der Waals surface area contributed by atoms with Gasteiger partial charge in [-0.15, -0.1) is 0 Å². The molecule has 1 N–H and O–H groups in total. The number of hydrogen-bond donors (Lipinski definition) is 1. The van der Waals surface area contributed by atoms with Crippen molar-refractivity contribution in [1.82, 2.24) is 10.2 Å². The molecule has 2 aliphatic rings. The lowest BCUT2D eigenvalue weighted by Crippen LogP contribution is -2.48. The lowest BCUT2D eigenvalue weighted by molar-refractivity contribution is -0.132. The molecule has 1 aliphatic heterocycles. The number of carbonyl (C=O) groups excluding carboxylic acids is 1. The summed E-state index contributed by atoms with van der Waals surface area (Å²) in [7, 11) is 1.75. The van der Waals surface area contributed by atoms with Crippen molar-refractivity contribution in [2.45, 2.75) is 50.9 Å². The normalized spacial score (nSPS) is 36.5. The number of amides is 1. The van der Waals surface area contributed by atoms with E-state index in [1.54, 1.807) is 7.11 Å². The third kappa shape index (κ3) is 1.88. The maximum atomic E-state index is 11.8. The van der Waals surface area contributed by atoms with Crippen LogP contribution in [-0.4, -0.2) is 42.8 Å². The first-order chi connectivity index (χ1) is 7.27. The quantitative estimate of drug-likeness (QED) is 0.749. The molecule has 2 fully saturated rings. The molecule has 0 radical (unpaired) electrons. The molecule has 1 saturated carbocycles. The fourth-order valence-electron chi connectivity index (χ4n) is 2.83. The SMILES string of the molecule is CCC1NCC(=O)N1C1CCCC1OC. The predicted molar refractivity (Wildman–Crippen MR) is 57.4 cm³/mol. The summed E-state index contributed by atoms with van der Waals surface area (Å²) < 4.78 is 5.46. The minimum Gasteiger partial charge on any atom is -0.379 e. The van der Waals surface area contributed by atoms with Gasteiger partial charge in [-0.3, -0.25) is 10.1 Å². The summed E-state index contributed by atoms with van der Waals surface area (Å²) in [6.45, 7) is 2.60. The van der Waals surface area contributed by atoms with Crippen LogP contribution in [0.2, 0.25) is 0 Å². The number of nitrogens with one attached hydrogen (secondary N) is 1. The predicted octanol–water partition coefficient (Wildman–Crippen LogP) is 0.722. The molecule has 0 aromatic carbocycles. The Morgan fingerprint density at radius 1 is 1.53 bits per heavy atom. The fourth-order valence-corrected chi connectivity index (χ4v) is 2.83. The summed E-state index contributed by atoms with van der Waals surface area (Å²) in [6, 6.07) is 0.294. The Labute approximate surface area is 91.0 Å². The Hall–Kier alpha value is -0.610. The van der Waals surface area contributed by atoms with Gasteiger partial charge in [0.25, 0.3) is 0 Å². The van der Waals surface area contributed by atoms with Crippen molar-refractivity contribution < 1.29 is 9.53 Å². The number of rotatable bonds is 3. The molecular formula is C11H20N2O2. The van der Waals surface area contributed by atoms with E-state index in [1.165, 1.54) is 6.42 Å². The van der Waals surface area contributed by atoms with Crippen molar-refractivity contribution in [3.8, 4) is 0 Å². The smallest absolute Gasteiger partial charge is 0.238 e. The lowest BCUT2D eigenvalue weighted by Gasteiger charge is -2.33. The Morgan fingerprint density at radius 3 is 3.00 bits per heavy atom. The van der Waals surface area contributed by atoms with E-state index in [2.05, 4.69) is 12.2 Å². The minimum atomic E-state index is 0.221. The Kier molecular flexibility index (Phi) is 3.26. The van der Waals surface area contributed by atoms with Gasteiger partial charge in [-0.2, -0.15) is 0 Å². The molecule has 0 spiro atoms. The molecule has 15 heavy (non-hydrogen) atoms. The van der Waals surface area contributed by atoms with Crippen LogP contribution in [0.25, 0.3) is 0 Å². The molecule has 86 valence electrons. The van der Waals surface area contributed by atoms with E-state index >= 15 is 0 Å². The van der Waals surface area contributed by atoms with Gasteiger partial charge in [0, 0.05) is 7.11 Å². The van der Waals surface area contributed by atoms with E-state index in [-0.39, 0.29) is 18.2 Å². The maximum absolute atomic E-state index is 11.8. The standard InChI is InChI=1S/C11H20N2O2/c1-3-10-12-7-11(14)13(10)8-5-4-6-9(8)15-2/h8-10,12H,3-7H2,1-2H3. The second-order valence-corrected chi connectivity index (χ2v) is 4.38. The Morgan fingerprint density at radius 2 is 2.33 bits per heavy atom. The van der Waals surface area contributed by atoms with E-state index in [4.69, 9.17) is 4.74 Å². The number of carbonyl (C=O) groups is 1. The zero-order chi connectivity index (χ0) is 10.8. The van der Waals surface area contributed by atoms with E-state index in [9.17, 15) is 4.79 Å². The molecule has 2 rings (SSSR count). The van der Waals surface area contributed by atoms with E-state index in [0.717, 1.165) is 19.3 Å². The highest BCUT2D eigenvalue weighted by molar-refractivity contribution is 5.81. The number of methoxy groups -OCH3 is 1. The van der Waals surface area contributed by atoms with Crippen molar-refractivity contribution >= 4 is 5.91 Å². The summed E-state index contributed by atoms with van der Waals surface area (Å²) in [4.78, 5) is 13.8. The molecule has 1 heterocycles. The van der Waals surface area contributed by atoms with Crippen molar-refractivity contribution in [3.05, 3.63) is 0 Å². The van der Waals surface area contributed by atoms with Crippen LogP contribution in [0, 0.1) is 0 Å². The molecule has 0 aromatic rings. The monoisotopic (exact) mass is 212 g/mol. The lowest BCUT2D eigenvalue weighted by atomic mass is 10.1. The average Bonchev–Trinajstić information content (AvgIpc) is 2.82. The zero-order valence-corrected chi connectivity index (χ0v) is 9.53. The third-order valence-corrected chi connectivity index (χ3v) is 3.58. The first-order valence-electron chi connectivity index (χ1n) is 5.85. The van der Waals surface area contributed by atoms with Gasteiger partial charge in [0.15, 0.2) is 0 Å². The fraction of sp³-hybridized carbons (Fsp3) is 0.909. The molecular weight excluding hydrogens is 192 g/mol. The largest absolute Gasteiger partial charge is 0.379 e. The van der Waals surface area contributed by atoms with Gasteiger partial charge >= 0.3 is 0 Å². The van der Waals surface area contributed by atoms with Crippen LogP contribution in [-0.2, 0) is 9.53 Å². The molecule has 3 unspecified atom stereocenters. The van der Waals surface area contributed by atoms with Gasteiger partial charge in [-0.1, -0.05) is 6.92 Å². The van der Waals surface area contributed by atoms with Crippen LogP contribution in [0.4, 0.5) is 0 Å². The molecule has 3 atom stereocenters. The van der Waals surface area contributed by atoms with Crippen LogP contribution in [0.1, 0.15) is 32.6 Å². The molecule has 4 heteroatoms. The van der Waals surface area contributed by atoms with Crippen molar-refractivity contribution in [2.75, 3.05) is 13.7 Å². The molecule has 1 aliphatic carbocycles. The number of nitrogens with zero attached hydrogens (tertiary/aromatic N) is 1. The maximum Gasteiger partial charge on any atom is 0.238 e. The zero-order valence-electron chi connectivity index (χ0n) is 9.53. The highest BCUT2D eigenvalue weighted by Gasteiger charge is 2.40. The van der Waals surface area contributed by atoms with Crippen molar-refractivity contribution in [1.29, 1.82) is 0 Å². The van der Waals surface area contributed by atoms with Gasteiger partial charge < -0.3 is 9.64 Å². The summed E-state index contributed by atoms with van der Waals surface area (Å²) in [5, 5.41) is 3.25.